The Kier molecular flexibility index (Phi) is 6.71. The number of halogens is 1. The molecular weight excluding hydrogens is 374 g/mol. The van der Waals surface area contributed by atoms with Gasteiger partial charge in [0, 0.05) is 16.9 Å². The fourth-order valence-corrected chi connectivity index (χ4v) is 5.68. The van der Waals surface area contributed by atoms with Crippen molar-refractivity contribution < 1.29 is 14.6 Å². The SMILES string of the molecule is CC(C)CCCC(C(=O)O)C1C(C)(C)C(Oc2ccc(C#N)c(Cl)c2)C1(C)C. The second-order valence-corrected chi connectivity index (χ2v) is 10.0. The molecule has 1 aromatic carbocycles. The lowest BCUT2D eigenvalue weighted by Crippen LogP contribution is -2.68. The van der Waals surface area contributed by atoms with Gasteiger partial charge in [0.15, 0.2) is 0 Å². The maximum atomic E-state index is 12.1. The summed E-state index contributed by atoms with van der Waals surface area (Å²) < 4.78 is 6.28. The van der Waals surface area contributed by atoms with E-state index in [0.717, 1.165) is 12.8 Å². The van der Waals surface area contributed by atoms with E-state index >= 15 is 0 Å². The Bertz CT molecular complexity index is 748. The second-order valence-electron chi connectivity index (χ2n) is 9.64. The van der Waals surface area contributed by atoms with Gasteiger partial charge in [0.2, 0.25) is 0 Å². The monoisotopic (exact) mass is 405 g/mol. The van der Waals surface area contributed by atoms with Crippen molar-refractivity contribution in [3.63, 3.8) is 0 Å². The molecule has 1 N–H and O–H groups in total. The summed E-state index contributed by atoms with van der Waals surface area (Å²) in [5.74, 6) is 0.112. The predicted octanol–water partition coefficient (Wildman–Crippen LogP) is 6.17. The number of hydrogen-bond donors (Lipinski definition) is 1. The average molecular weight is 406 g/mol. The maximum absolute atomic E-state index is 12.1. The van der Waals surface area contributed by atoms with Crippen molar-refractivity contribution in [3.8, 4) is 11.8 Å². The van der Waals surface area contributed by atoms with E-state index in [4.69, 9.17) is 21.6 Å². The van der Waals surface area contributed by atoms with Crippen LogP contribution in [0.5, 0.6) is 5.75 Å². The Morgan fingerprint density at radius 1 is 1.25 bits per heavy atom. The number of hydrogen-bond acceptors (Lipinski definition) is 3. The zero-order valence-corrected chi connectivity index (χ0v) is 18.5. The normalized spacial score (nSPS) is 23.5. The van der Waals surface area contributed by atoms with E-state index in [1.807, 2.05) is 6.07 Å². The van der Waals surface area contributed by atoms with E-state index in [9.17, 15) is 9.90 Å². The lowest BCUT2D eigenvalue weighted by molar-refractivity contribution is -0.224. The molecule has 1 fully saturated rings. The van der Waals surface area contributed by atoms with E-state index in [-0.39, 0.29) is 28.8 Å². The summed E-state index contributed by atoms with van der Waals surface area (Å²) in [4.78, 5) is 12.1. The lowest BCUT2D eigenvalue weighted by Gasteiger charge is -2.65. The van der Waals surface area contributed by atoms with Crippen LogP contribution in [-0.4, -0.2) is 17.2 Å². The first kappa shape index (κ1) is 22.6. The van der Waals surface area contributed by atoms with E-state index < -0.39 is 5.97 Å². The van der Waals surface area contributed by atoms with Crippen LogP contribution in [0.25, 0.3) is 0 Å². The number of carboxylic acids is 1. The zero-order valence-electron chi connectivity index (χ0n) is 17.8. The van der Waals surface area contributed by atoms with Gasteiger partial charge in [-0.05, 0) is 30.4 Å². The lowest BCUT2D eigenvalue weighted by atomic mass is 9.42. The van der Waals surface area contributed by atoms with E-state index in [1.54, 1.807) is 18.2 Å². The molecule has 0 heterocycles. The third kappa shape index (κ3) is 4.30. The van der Waals surface area contributed by atoms with Crippen LogP contribution in [0.3, 0.4) is 0 Å². The molecule has 0 bridgehead atoms. The van der Waals surface area contributed by atoms with Gasteiger partial charge >= 0.3 is 5.97 Å². The number of aliphatic carboxylic acids is 1. The summed E-state index contributed by atoms with van der Waals surface area (Å²) in [6, 6.07) is 7.11. The van der Waals surface area contributed by atoms with E-state index in [0.29, 0.717) is 28.7 Å². The highest BCUT2D eigenvalue weighted by Crippen LogP contribution is 2.63. The van der Waals surface area contributed by atoms with Crippen molar-refractivity contribution in [2.75, 3.05) is 0 Å². The highest BCUT2D eigenvalue weighted by atomic mass is 35.5. The summed E-state index contributed by atoms with van der Waals surface area (Å²) in [6.07, 6.45) is 2.52. The summed E-state index contributed by atoms with van der Waals surface area (Å²) >= 11 is 6.14. The Morgan fingerprint density at radius 2 is 1.86 bits per heavy atom. The van der Waals surface area contributed by atoms with Crippen molar-refractivity contribution >= 4 is 17.6 Å². The van der Waals surface area contributed by atoms with Crippen molar-refractivity contribution in [1.29, 1.82) is 5.26 Å². The Morgan fingerprint density at radius 3 is 2.32 bits per heavy atom. The predicted molar refractivity (Wildman–Crippen MR) is 111 cm³/mol. The van der Waals surface area contributed by atoms with Gasteiger partial charge < -0.3 is 9.84 Å². The maximum Gasteiger partial charge on any atom is 0.306 e. The fraction of sp³-hybridized carbons (Fsp3) is 0.652. The number of nitrogens with zero attached hydrogens (tertiary/aromatic N) is 1. The molecule has 0 radical (unpaired) electrons. The van der Waals surface area contributed by atoms with Gasteiger partial charge in [0.05, 0.1) is 16.5 Å². The van der Waals surface area contributed by atoms with Crippen LogP contribution in [0.1, 0.15) is 66.4 Å². The molecule has 0 spiro atoms. The first-order valence-corrected chi connectivity index (χ1v) is 10.4. The Balaban J connectivity index is 2.20. The summed E-state index contributed by atoms with van der Waals surface area (Å²) in [6.45, 7) is 12.7. The van der Waals surface area contributed by atoms with Gasteiger partial charge in [0.25, 0.3) is 0 Å². The quantitative estimate of drug-likeness (QED) is 0.561. The van der Waals surface area contributed by atoms with Gasteiger partial charge in [-0.3, -0.25) is 4.79 Å². The summed E-state index contributed by atoms with van der Waals surface area (Å²) in [5.41, 5.74) is -0.162. The summed E-state index contributed by atoms with van der Waals surface area (Å²) in [5, 5.41) is 19.3. The number of carboxylic acid groups (broad SMARTS) is 1. The molecule has 0 amide bonds. The molecule has 5 heteroatoms. The molecule has 28 heavy (non-hydrogen) atoms. The average Bonchev–Trinajstić information content (AvgIpc) is 2.57. The largest absolute Gasteiger partial charge is 0.489 e. The van der Waals surface area contributed by atoms with Crippen molar-refractivity contribution in [2.45, 2.75) is 66.9 Å². The van der Waals surface area contributed by atoms with Gasteiger partial charge in [-0.1, -0.05) is 66.0 Å². The van der Waals surface area contributed by atoms with Gasteiger partial charge in [0.1, 0.15) is 17.9 Å². The first-order valence-electron chi connectivity index (χ1n) is 10.0. The van der Waals surface area contributed by atoms with E-state index in [1.165, 1.54) is 0 Å². The van der Waals surface area contributed by atoms with Gasteiger partial charge in [-0.15, -0.1) is 0 Å². The Hall–Kier alpha value is -1.73. The highest BCUT2D eigenvalue weighted by Gasteiger charge is 2.66. The molecule has 1 aromatic rings. The molecule has 4 nitrogen and oxygen atoms in total. The van der Waals surface area contributed by atoms with Crippen LogP contribution >= 0.6 is 11.6 Å². The van der Waals surface area contributed by atoms with Crippen LogP contribution in [0, 0.1) is 39.9 Å². The molecule has 154 valence electrons. The van der Waals surface area contributed by atoms with E-state index in [2.05, 4.69) is 41.5 Å². The molecule has 0 aliphatic heterocycles. The van der Waals surface area contributed by atoms with Crippen molar-refractivity contribution in [1.82, 2.24) is 0 Å². The molecule has 1 atom stereocenters. The standard InChI is InChI=1S/C23H32ClNO3/c1-14(2)8-7-9-17(20(26)27)19-22(3,4)21(23(19,5)6)28-16-11-10-15(13-25)18(24)12-16/h10-12,14,17,19,21H,7-9H2,1-6H3,(H,26,27). The number of carbonyl (C=O) groups is 1. The summed E-state index contributed by atoms with van der Waals surface area (Å²) in [7, 11) is 0. The number of ether oxygens (including phenoxy) is 1. The van der Waals surface area contributed by atoms with Crippen LogP contribution in [0.4, 0.5) is 0 Å². The molecule has 0 saturated heterocycles. The molecule has 1 aliphatic carbocycles. The molecule has 2 rings (SSSR count). The Labute approximate surface area is 173 Å². The highest BCUT2D eigenvalue weighted by molar-refractivity contribution is 6.31. The first-order chi connectivity index (χ1) is 12.9. The number of benzene rings is 1. The van der Waals surface area contributed by atoms with Crippen LogP contribution in [-0.2, 0) is 4.79 Å². The second kappa shape index (κ2) is 8.33. The molecular formula is C23H32ClNO3. The van der Waals surface area contributed by atoms with Crippen LogP contribution in [0.15, 0.2) is 18.2 Å². The number of rotatable bonds is 8. The minimum Gasteiger partial charge on any atom is -0.489 e. The molecule has 1 saturated carbocycles. The molecule has 1 unspecified atom stereocenters. The van der Waals surface area contributed by atoms with Crippen molar-refractivity contribution in [2.24, 2.45) is 28.6 Å². The number of nitriles is 1. The fourth-order valence-electron chi connectivity index (χ4n) is 5.46. The van der Waals surface area contributed by atoms with Gasteiger partial charge in [-0.2, -0.15) is 5.26 Å². The topological polar surface area (TPSA) is 70.3 Å². The van der Waals surface area contributed by atoms with Crippen LogP contribution < -0.4 is 4.74 Å². The minimum atomic E-state index is -0.713. The van der Waals surface area contributed by atoms with Crippen LogP contribution in [0.2, 0.25) is 5.02 Å². The molecule has 0 aromatic heterocycles. The molecule has 1 aliphatic rings. The third-order valence-corrected chi connectivity index (χ3v) is 6.60. The smallest absolute Gasteiger partial charge is 0.306 e. The minimum absolute atomic E-state index is 0.0171. The zero-order chi connectivity index (χ0) is 21.3. The van der Waals surface area contributed by atoms with Gasteiger partial charge in [-0.25, -0.2) is 0 Å². The third-order valence-electron chi connectivity index (χ3n) is 6.29. The van der Waals surface area contributed by atoms with Crippen molar-refractivity contribution in [3.05, 3.63) is 28.8 Å².